The summed E-state index contributed by atoms with van der Waals surface area (Å²) in [4.78, 5) is 15.7. The van der Waals surface area contributed by atoms with Gasteiger partial charge in [0.15, 0.2) is 0 Å². The van der Waals surface area contributed by atoms with E-state index in [1.807, 2.05) is 0 Å². The van der Waals surface area contributed by atoms with Crippen molar-refractivity contribution in [1.82, 2.24) is 4.90 Å². The van der Waals surface area contributed by atoms with E-state index in [-0.39, 0.29) is 11.0 Å². The highest BCUT2D eigenvalue weighted by molar-refractivity contribution is 5.97. The van der Waals surface area contributed by atoms with Crippen LogP contribution in [0.25, 0.3) is 0 Å². The minimum absolute atomic E-state index is 0.0623. The second-order valence-corrected chi connectivity index (χ2v) is 9.19. The third-order valence-corrected chi connectivity index (χ3v) is 7.63. The summed E-state index contributed by atoms with van der Waals surface area (Å²) in [6.45, 7) is 0. The molecule has 0 heterocycles. The molecule has 0 spiro atoms. The molecule has 0 amide bonds. The normalized spacial score (nSPS) is 40.0. The molecule has 2 heteroatoms. The lowest BCUT2D eigenvalue weighted by atomic mass is 9.64. The monoisotopic (exact) mass is 335 g/mol. The predicted octanol–water partition coefficient (Wildman–Crippen LogP) is 4.13. The van der Waals surface area contributed by atoms with Crippen molar-refractivity contribution in [3.8, 4) is 11.8 Å². The number of carbonyl (C=O) groups excluding carboxylic acids is 1. The standard InChI is InChI=1S/C23H29NO/c1-24(2)23-15-20(25)22(14-6-5-9-19(22)23)21(17-12-13-17)18(23)8-4-3-7-16-10-11-16/h4,8,16-17,19H,5-6,9-15H2,1-2H3/b8-4+/t19-,22-,23-/m1/s1. The lowest BCUT2D eigenvalue weighted by Gasteiger charge is -2.42. The van der Waals surface area contributed by atoms with Crippen molar-refractivity contribution in [2.45, 2.75) is 63.3 Å². The van der Waals surface area contributed by atoms with E-state index in [9.17, 15) is 4.79 Å². The number of nitrogens with zero attached hydrogens (tertiary/aromatic N) is 1. The molecule has 2 nitrogen and oxygen atoms in total. The van der Waals surface area contributed by atoms with Crippen LogP contribution >= 0.6 is 0 Å². The van der Waals surface area contributed by atoms with E-state index in [1.165, 1.54) is 50.5 Å². The first-order valence-electron chi connectivity index (χ1n) is 10.2. The number of carbonyl (C=O) groups is 1. The topological polar surface area (TPSA) is 20.3 Å². The minimum Gasteiger partial charge on any atom is -0.299 e. The smallest absolute Gasteiger partial charge is 0.145 e. The second-order valence-electron chi connectivity index (χ2n) is 9.19. The van der Waals surface area contributed by atoms with Crippen molar-refractivity contribution >= 4 is 5.78 Å². The van der Waals surface area contributed by atoms with Crippen LogP contribution in [0.2, 0.25) is 0 Å². The quantitative estimate of drug-likeness (QED) is 0.723. The average molecular weight is 335 g/mol. The van der Waals surface area contributed by atoms with Gasteiger partial charge in [0.05, 0.1) is 11.0 Å². The summed E-state index contributed by atoms with van der Waals surface area (Å²) in [5, 5.41) is 0. The lowest BCUT2D eigenvalue weighted by molar-refractivity contribution is -0.126. The Bertz CT molecular complexity index is 740. The Labute approximate surface area is 151 Å². The number of Topliss-reactive ketones (excluding diaryl/α,β-unsaturated/α-hetero) is 1. The van der Waals surface area contributed by atoms with Crippen molar-refractivity contribution in [3.05, 3.63) is 23.3 Å². The van der Waals surface area contributed by atoms with Crippen LogP contribution < -0.4 is 0 Å². The van der Waals surface area contributed by atoms with Crippen LogP contribution in [0.4, 0.5) is 0 Å². The number of hydrogen-bond acceptors (Lipinski definition) is 2. The van der Waals surface area contributed by atoms with Gasteiger partial charge < -0.3 is 0 Å². The molecule has 0 unspecified atom stereocenters. The maximum absolute atomic E-state index is 13.3. The zero-order chi connectivity index (χ0) is 17.2. The molecule has 0 aliphatic heterocycles. The van der Waals surface area contributed by atoms with Gasteiger partial charge in [-0.3, -0.25) is 9.69 Å². The fourth-order valence-corrected chi connectivity index (χ4v) is 6.33. The summed E-state index contributed by atoms with van der Waals surface area (Å²) >= 11 is 0. The SMILES string of the molecule is CN(C)[C@@]12CC(=O)[C@]3(CCCC[C@H]31)C(C1CC1)=C2/C=C/C#CC1CC1. The molecule has 3 atom stereocenters. The molecule has 0 saturated heterocycles. The van der Waals surface area contributed by atoms with E-state index in [0.29, 0.717) is 23.5 Å². The Kier molecular flexibility index (Phi) is 3.39. The van der Waals surface area contributed by atoms with E-state index in [2.05, 4.69) is 43.0 Å². The van der Waals surface area contributed by atoms with Crippen molar-refractivity contribution in [1.29, 1.82) is 0 Å². The maximum Gasteiger partial charge on any atom is 0.145 e. The largest absolute Gasteiger partial charge is 0.299 e. The van der Waals surface area contributed by atoms with Crippen LogP contribution in [0.15, 0.2) is 23.3 Å². The van der Waals surface area contributed by atoms with Gasteiger partial charge in [0.2, 0.25) is 0 Å². The molecule has 0 aromatic carbocycles. The van der Waals surface area contributed by atoms with Crippen LogP contribution in [-0.4, -0.2) is 30.3 Å². The molecule has 4 fully saturated rings. The van der Waals surface area contributed by atoms with Crippen LogP contribution in [-0.2, 0) is 4.79 Å². The summed E-state index contributed by atoms with van der Waals surface area (Å²) in [5.74, 6) is 9.02. The summed E-state index contributed by atoms with van der Waals surface area (Å²) < 4.78 is 0. The van der Waals surface area contributed by atoms with Gasteiger partial charge in [0.1, 0.15) is 5.78 Å². The fourth-order valence-electron chi connectivity index (χ4n) is 6.33. The Balaban J connectivity index is 1.65. The predicted molar refractivity (Wildman–Crippen MR) is 99.8 cm³/mol. The maximum atomic E-state index is 13.3. The molecule has 5 aliphatic carbocycles. The van der Waals surface area contributed by atoms with Gasteiger partial charge in [-0.25, -0.2) is 0 Å². The lowest BCUT2D eigenvalue weighted by Crippen LogP contribution is -2.48. The molecule has 2 bridgehead atoms. The van der Waals surface area contributed by atoms with Crippen molar-refractivity contribution in [2.75, 3.05) is 14.1 Å². The van der Waals surface area contributed by atoms with Crippen LogP contribution in [0.3, 0.4) is 0 Å². The second kappa shape index (κ2) is 5.34. The number of ketones is 1. The van der Waals surface area contributed by atoms with E-state index in [1.54, 1.807) is 5.57 Å². The van der Waals surface area contributed by atoms with Crippen molar-refractivity contribution in [2.24, 2.45) is 23.2 Å². The summed E-state index contributed by atoms with van der Waals surface area (Å²) in [7, 11) is 4.38. The van der Waals surface area contributed by atoms with Gasteiger partial charge in [-0.1, -0.05) is 24.7 Å². The molecule has 5 aliphatic rings. The highest BCUT2D eigenvalue weighted by Crippen LogP contribution is 2.71. The van der Waals surface area contributed by atoms with Crippen LogP contribution in [0.1, 0.15) is 57.8 Å². The number of allylic oxidation sites excluding steroid dienone is 2. The Hall–Kier alpha value is -1.33. The molecular weight excluding hydrogens is 306 g/mol. The Morgan fingerprint density at radius 2 is 1.92 bits per heavy atom. The average Bonchev–Trinajstić information content (AvgIpc) is 3.50. The minimum atomic E-state index is -0.118. The van der Waals surface area contributed by atoms with E-state index < -0.39 is 0 Å². The van der Waals surface area contributed by atoms with Crippen LogP contribution in [0.5, 0.6) is 0 Å². The van der Waals surface area contributed by atoms with Gasteiger partial charge in [-0.15, -0.1) is 0 Å². The molecule has 4 saturated carbocycles. The van der Waals surface area contributed by atoms with Crippen LogP contribution in [0, 0.1) is 35.0 Å². The summed E-state index contributed by atoms with van der Waals surface area (Å²) in [6.07, 6.45) is 15.1. The third-order valence-electron chi connectivity index (χ3n) is 7.63. The molecule has 0 radical (unpaired) electrons. The van der Waals surface area contributed by atoms with Gasteiger partial charge >= 0.3 is 0 Å². The van der Waals surface area contributed by atoms with Gasteiger partial charge in [-0.05, 0) is 87.8 Å². The van der Waals surface area contributed by atoms with Gasteiger partial charge in [-0.2, -0.15) is 0 Å². The van der Waals surface area contributed by atoms with Crippen molar-refractivity contribution in [3.63, 3.8) is 0 Å². The third kappa shape index (κ3) is 2.05. The zero-order valence-electron chi connectivity index (χ0n) is 15.6. The van der Waals surface area contributed by atoms with E-state index in [4.69, 9.17) is 0 Å². The summed E-state index contributed by atoms with van der Waals surface area (Å²) in [5.41, 5.74) is 2.85. The first-order valence-corrected chi connectivity index (χ1v) is 10.2. The molecular formula is C23H29NO. The number of likely N-dealkylation sites (N-methyl/N-ethyl adjacent to an activating group) is 1. The van der Waals surface area contributed by atoms with Crippen molar-refractivity contribution < 1.29 is 4.79 Å². The Morgan fingerprint density at radius 1 is 1.12 bits per heavy atom. The molecule has 132 valence electrons. The summed E-state index contributed by atoms with van der Waals surface area (Å²) in [6, 6.07) is 0. The molecule has 0 N–H and O–H groups in total. The fraction of sp³-hybridized carbons (Fsp3) is 0.696. The highest BCUT2D eigenvalue weighted by atomic mass is 16.1. The van der Waals surface area contributed by atoms with E-state index in [0.717, 1.165) is 12.8 Å². The number of rotatable bonds is 3. The van der Waals surface area contributed by atoms with Gasteiger partial charge in [0, 0.05) is 12.3 Å². The number of hydrogen-bond donors (Lipinski definition) is 0. The molecule has 0 aromatic rings. The van der Waals surface area contributed by atoms with E-state index >= 15 is 0 Å². The molecule has 25 heavy (non-hydrogen) atoms. The molecule has 0 aromatic heterocycles. The molecule has 5 rings (SSSR count). The first kappa shape index (κ1) is 15.9. The first-order chi connectivity index (χ1) is 12.1. The Morgan fingerprint density at radius 3 is 2.60 bits per heavy atom. The highest BCUT2D eigenvalue weighted by Gasteiger charge is 2.72. The zero-order valence-corrected chi connectivity index (χ0v) is 15.6. The van der Waals surface area contributed by atoms with Gasteiger partial charge in [0.25, 0.3) is 0 Å².